The van der Waals surface area contributed by atoms with Crippen molar-refractivity contribution in [1.82, 2.24) is 15.4 Å². The number of aromatic nitrogens is 2. The summed E-state index contributed by atoms with van der Waals surface area (Å²) >= 11 is 0. The Kier molecular flexibility index (Phi) is 3.88. The molecular formula is C20H14N4O. The van der Waals surface area contributed by atoms with Crippen LogP contribution in [0.3, 0.4) is 0 Å². The SMILES string of the molecule is O=C(NN=Cc1ccccc1)c1cccc2nc3ccccc3nc12. The zero-order valence-corrected chi connectivity index (χ0v) is 13.3. The van der Waals surface area contributed by atoms with Gasteiger partial charge >= 0.3 is 0 Å². The molecule has 0 saturated heterocycles. The third-order valence-electron chi connectivity index (χ3n) is 3.79. The number of nitrogens with zero attached hydrogens (tertiary/aromatic N) is 3. The van der Waals surface area contributed by atoms with Gasteiger partial charge in [0.1, 0.15) is 5.52 Å². The number of para-hydroxylation sites is 3. The minimum absolute atomic E-state index is 0.317. The van der Waals surface area contributed by atoms with Crippen molar-refractivity contribution in [1.29, 1.82) is 0 Å². The first-order valence-electron chi connectivity index (χ1n) is 7.85. The average Bonchev–Trinajstić information content (AvgIpc) is 2.66. The Morgan fingerprint density at radius 2 is 1.48 bits per heavy atom. The molecule has 5 heteroatoms. The van der Waals surface area contributed by atoms with E-state index in [4.69, 9.17) is 0 Å². The maximum absolute atomic E-state index is 12.5. The van der Waals surface area contributed by atoms with E-state index < -0.39 is 0 Å². The van der Waals surface area contributed by atoms with Gasteiger partial charge in [0.25, 0.3) is 5.91 Å². The fourth-order valence-electron chi connectivity index (χ4n) is 2.59. The van der Waals surface area contributed by atoms with E-state index >= 15 is 0 Å². The number of rotatable bonds is 3. The minimum Gasteiger partial charge on any atom is -0.267 e. The van der Waals surface area contributed by atoms with Crippen molar-refractivity contribution in [2.45, 2.75) is 0 Å². The molecule has 1 N–H and O–H groups in total. The summed E-state index contributed by atoms with van der Waals surface area (Å²) in [5.41, 5.74) is 6.70. The van der Waals surface area contributed by atoms with Crippen LogP contribution in [0.25, 0.3) is 22.1 Å². The van der Waals surface area contributed by atoms with Crippen LogP contribution in [0.5, 0.6) is 0 Å². The maximum Gasteiger partial charge on any atom is 0.273 e. The first-order chi connectivity index (χ1) is 12.3. The van der Waals surface area contributed by atoms with Crippen LogP contribution < -0.4 is 5.43 Å². The van der Waals surface area contributed by atoms with Crippen LogP contribution in [0.15, 0.2) is 77.9 Å². The number of amides is 1. The molecule has 0 spiro atoms. The molecule has 0 aliphatic heterocycles. The lowest BCUT2D eigenvalue weighted by Gasteiger charge is -2.05. The molecule has 0 radical (unpaired) electrons. The summed E-state index contributed by atoms with van der Waals surface area (Å²) in [6, 6.07) is 22.5. The molecule has 4 aromatic rings. The number of hydrogen-bond acceptors (Lipinski definition) is 4. The molecule has 0 bridgehead atoms. The molecule has 25 heavy (non-hydrogen) atoms. The summed E-state index contributed by atoms with van der Waals surface area (Å²) in [4.78, 5) is 21.6. The summed E-state index contributed by atoms with van der Waals surface area (Å²) in [6.45, 7) is 0. The Morgan fingerprint density at radius 1 is 0.800 bits per heavy atom. The zero-order chi connectivity index (χ0) is 17.1. The highest BCUT2D eigenvalue weighted by atomic mass is 16.2. The molecule has 4 rings (SSSR count). The van der Waals surface area contributed by atoms with E-state index in [0.717, 1.165) is 16.6 Å². The highest BCUT2D eigenvalue weighted by Crippen LogP contribution is 2.19. The van der Waals surface area contributed by atoms with E-state index in [1.54, 1.807) is 18.3 Å². The lowest BCUT2D eigenvalue weighted by Crippen LogP contribution is -2.18. The Balaban J connectivity index is 1.67. The van der Waals surface area contributed by atoms with Crippen LogP contribution >= 0.6 is 0 Å². The lowest BCUT2D eigenvalue weighted by molar-refractivity contribution is 0.0956. The monoisotopic (exact) mass is 326 g/mol. The predicted molar refractivity (Wildman–Crippen MR) is 98.5 cm³/mol. The van der Waals surface area contributed by atoms with Crippen LogP contribution in [0.4, 0.5) is 0 Å². The third kappa shape index (κ3) is 3.07. The summed E-state index contributed by atoms with van der Waals surface area (Å²) in [5, 5.41) is 4.01. The second kappa shape index (κ2) is 6.49. The van der Waals surface area contributed by atoms with Crippen molar-refractivity contribution in [2.24, 2.45) is 5.10 Å². The maximum atomic E-state index is 12.5. The Hall–Kier alpha value is -3.60. The van der Waals surface area contributed by atoms with E-state index in [1.165, 1.54) is 0 Å². The molecule has 1 heterocycles. The van der Waals surface area contributed by atoms with Gasteiger partial charge in [0.2, 0.25) is 0 Å². The number of fused-ring (bicyclic) bond motifs is 2. The second-order valence-electron chi connectivity index (χ2n) is 5.50. The van der Waals surface area contributed by atoms with Gasteiger partial charge in [0.05, 0.1) is 28.3 Å². The Labute approximate surface area is 144 Å². The molecule has 5 nitrogen and oxygen atoms in total. The quantitative estimate of drug-likeness (QED) is 0.356. The zero-order valence-electron chi connectivity index (χ0n) is 13.3. The molecule has 0 aliphatic carbocycles. The van der Waals surface area contributed by atoms with Crippen molar-refractivity contribution in [3.63, 3.8) is 0 Å². The minimum atomic E-state index is -0.317. The van der Waals surface area contributed by atoms with Crippen molar-refractivity contribution in [2.75, 3.05) is 0 Å². The van der Waals surface area contributed by atoms with Gasteiger partial charge in [-0.25, -0.2) is 15.4 Å². The van der Waals surface area contributed by atoms with Crippen LogP contribution in [0.2, 0.25) is 0 Å². The van der Waals surface area contributed by atoms with Gasteiger partial charge in [0, 0.05) is 0 Å². The Morgan fingerprint density at radius 3 is 2.28 bits per heavy atom. The molecule has 1 aromatic heterocycles. The van der Waals surface area contributed by atoms with Gasteiger partial charge in [-0.1, -0.05) is 48.5 Å². The smallest absolute Gasteiger partial charge is 0.267 e. The summed E-state index contributed by atoms with van der Waals surface area (Å²) < 4.78 is 0. The van der Waals surface area contributed by atoms with Crippen LogP contribution in [-0.2, 0) is 0 Å². The molecule has 0 unspecified atom stereocenters. The van der Waals surface area contributed by atoms with E-state index in [1.807, 2.05) is 60.7 Å². The number of nitrogens with one attached hydrogen (secondary N) is 1. The summed E-state index contributed by atoms with van der Waals surface area (Å²) in [7, 11) is 0. The molecule has 0 saturated carbocycles. The highest BCUT2D eigenvalue weighted by Gasteiger charge is 2.12. The average molecular weight is 326 g/mol. The van der Waals surface area contributed by atoms with Crippen LogP contribution in [-0.4, -0.2) is 22.1 Å². The van der Waals surface area contributed by atoms with Gasteiger partial charge in [-0.15, -0.1) is 0 Å². The van der Waals surface area contributed by atoms with Gasteiger partial charge in [0.15, 0.2) is 0 Å². The van der Waals surface area contributed by atoms with E-state index in [-0.39, 0.29) is 5.91 Å². The number of hydrogen-bond donors (Lipinski definition) is 1. The van der Waals surface area contributed by atoms with E-state index in [9.17, 15) is 4.79 Å². The topological polar surface area (TPSA) is 67.2 Å². The molecule has 3 aromatic carbocycles. The Bertz CT molecular complexity index is 1090. The first kappa shape index (κ1) is 15.0. The largest absolute Gasteiger partial charge is 0.273 e. The first-order valence-corrected chi connectivity index (χ1v) is 7.85. The van der Waals surface area contributed by atoms with Crippen LogP contribution in [0, 0.1) is 0 Å². The number of hydrazone groups is 1. The van der Waals surface area contributed by atoms with E-state index in [2.05, 4.69) is 20.5 Å². The van der Waals surface area contributed by atoms with Gasteiger partial charge in [-0.05, 0) is 29.8 Å². The third-order valence-corrected chi connectivity index (χ3v) is 3.79. The summed E-state index contributed by atoms with van der Waals surface area (Å²) in [6.07, 6.45) is 1.60. The molecule has 0 fully saturated rings. The van der Waals surface area contributed by atoms with Crippen molar-refractivity contribution in [3.05, 3.63) is 83.9 Å². The molecule has 1 amide bonds. The highest BCUT2D eigenvalue weighted by molar-refractivity contribution is 6.06. The fourth-order valence-corrected chi connectivity index (χ4v) is 2.59. The van der Waals surface area contributed by atoms with Gasteiger partial charge in [-0.2, -0.15) is 5.10 Å². The number of benzene rings is 3. The standard InChI is InChI=1S/C20H14N4O/c25-20(24-21-13-14-7-2-1-3-8-14)15-9-6-12-18-19(15)23-17-11-5-4-10-16(17)22-18/h1-13H,(H,24,25). The van der Waals surface area contributed by atoms with Crippen molar-refractivity contribution >= 4 is 34.2 Å². The fraction of sp³-hybridized carbons (Fsp3) is 0. The lowest BCUT2D eigenvalue weighted by atomic mass is 10.1. The number of carbonyl (C=O) groups excluding carboxylic acids is 1. The predicted octanol–water partition coefficient (Wildman–Crippen LogP) is 3.55. The van der Waals surface area contributed by atoms with E-state index in [0.29, 0.717) is 16.6 Å². The van der Waals surface area contributed by atoms with Crippen LogP contribution in [0.1, 0.15) is 15.9 Å². The van der Waals surface area contributed by atoms with Gasteiger partial charge in [-0.3, -0.25) is 4.79 Å². The second-order valence-corrected chi connectivity index (χ2v) is 5.50. The molecule has 0 atom stereocenters. The summed E-state index contributed by atoms with van der Waals surface area (Å²) in [5.74, 6) is -0.317. The molecular weight excluding hydrogens is 312 g/mol. The van der Waals surface area contributed by atoms with Gasteiger partial charge < -0.3 is 0 Å². The molecule has 120 valence electrons. The normalized spacial score (nSPS) is 11.2. The number of carbonyl (C=O) groups is 1. The van der Waals surface area contributed by atoms with Crippen molar-refractivity contribution < 1.29 is 4.79 Å². The molecule has 0 aliphatic rings. The van der Waals surface area contributed by atoms with Crippen molar-refractivity contribution in [3.8, 4) is 0 Å².